The molecule has 0 aliphatic heterocycles. The zero-order valence-corrected chi connectivity index (χ0v) is 10.6. The number of hydrogen-bond donors (Lipinski definition) is 1. The summed E-state index contributed by atoms with van der Waals surface area (Å²) in [7, 11) is 0. The second kappa shape index (κ2) is 4.17. The highest BCUT2D eigenvalue weighted by Gasteiger charge is 2.46. The molecule has 17 heavy (non-hydrogen) atoms. The average Bonchev–Trinajstić information content (AvgIpc) is 2.96. The molecule has 0 radical (unpaired) electrons. The van der Waals surface area contributed by atoms with E-state index in [1.807, 2.05) is 37.3 Å². The van der Waals surface area contributed by atoms with Gasteiger partial charge in [0.2, 0.25) is 0 Å². The Morgan fingerprint density at radius 1 is 1.35 bits per heavy atom. The number of aliphatic carboxylic acids is 1. The Bertz CT molecular complexity index is 406. The molecule has 1 aliphatic rings. The molecule has 1 aromatic rings. The normalized spacial score (nSPS) is 20.6. The second-order valence-corrected chi connectivity index (χ2v) is 6.02. The Hall–Kier alpha value is -1.31. The molecular formula is C15H20O2. The smallest absolute Gasteiger partial charge is 0.309 e. The number of hydrogen-bond acceptors (Lipinski definition) is 1. The molecule has 0 bridgehead atoms. The lowest BCUT2D eigenvalue weighted by Gasteiger charge is -2.28. The van der Waals surface area contributed by atoms with Crippen molar-refractivity contribution < 1.29 is 9.90 Å². The third-order valence-electron chi connectivity index (χ3n) is 3.87. The van der Waals surface area contributed by atoms with Gasteiger partial charge >= 0.3 is 5.97 Å². The summed E-state index contributed by atoms with van der Waals surface area (Å²) in [4.78, 5) is 11.5. The SMILES string of the molecule is CC1(C[C@](C)(Cc2ccccc2)C(=O)O)CC1. The Balaban J connectivity index is 2.14. The van der Waals surface area contributed by atoms with Crippen molar-refractivity contribution >= 4 is 5.97 Å². The fraction of sp³-hybridized carbons (Fsp3) is 0.533. The minimum Gasteiger partial charge on any atom is -0.481 e. The first-order valence-corrected chi connectivity index (χ1v) is 6.21. The molecule has 92 valence electrons. The Labute approximate surface area is 103 Å². The van der Waals surface area contributed by atoms with Crippen molar-refractivity contribution in [3.8, 4) is 0 Å². The van der Waals surface area contributed by atoms with Gasteiger partial charge in [0.15, 0.2) is 0 Å². The van der Waals surface area contributed by atoms with Crippen molar-refractivity contribution in [3.05, 3.63) is 35.9 Å². The monoisotopic (exact) mass is 232 g/mol. The summed E-state index contributed by atoms with van der Waals surface area (Å²) in [5.41, 5.74) is 0.746. The van der Waals surface area contributed by atoms with Gasteiger partial charge < -0.3 is 5.11 Å². The molecule has 0 amide bonds. The zero-order chi connectivity index (χ0) is 12.5. The van der Waals surface area contributed by atoms with Gasteiger partial charge in [0.05, 0.1) is 5.41 Å². The van der Waals surface area contributed by atoms with Crippen LogP contribution in [-0.4, -0.2) is 11.1 Å². The van der Waals surface area contributed by atoms with Gasteiger partial charge in [-0.1, -0.05) is 37.3 Å². The standard InChI is InChI=1S/C15H20O2/c1-14(8-9-14)11-15(2,13(16)17)10-12-6-4-3-5-7-12/h3-7H,8-11H2,1-2H3,(H,16,17)/t15-/m0/s1. The van der Waals surface area contributed by atoms with Crippen LogP contribution in [0.25, 0.3) is 0 Å². The first-order chi connectivity index (χ1) is 7.94. The summed E-state index contributed by atoms with van der Waals surface area (Å²) in [6.45, 7) is 4.07. The zero-order valence-electron chi connectivity index (χ0n) is 10.6. The van der Waals surface area contributed by atoms with Gasteiger partial charge in [-0.15, -0.1) is 0 Å². The minimum absolute atomic E-state index is 0.266. The van der Waals surface area contributed by atoms with Crippen molar-refractivity contribution in [3.63, 3.8) is 0 Å². The summed E-state index contributed by atoms with van der Waals surface area (Å²) in [6.07, 6.45) is 3.75. The van der Waals surface area contributed by atoms with Crippen molar-refractivity contribution in [2.75, 3.05) is 0 Å². The minimum atomic E-state index is -0.672. The van der Waals surface area contributed by atoms with Crippen LogP contribution in [-0.2, 0) is 11.2 Å². The predicted octanol–water partition coefficient (Wildman–Crippen LogP) is 3.51. The number of rotatable bonds is 5. The van der Waals surface area contributed by atoms with E-state index < -0.39 is 11.4 Å². The van der Waals surface area contributed by atoms with E-state index in [0.29, 0.717) is 6.42 Å². The summed E-state index contributed by atoms with van der Waals surface area (Å²) >= 11 is 0. The molecule has 2 nitrogen and oxygen atoms in total. The maximum atomic E-state index is 11.5. The Kier molecular flexibility index (Phi) is 2.98. The predicted molar refractivity (Wildman–Crippen MR) is 67.8 cm³/mol. The molecule has 0 spiro atoms. The highest BCUT2D eigenvalue weighted by atomic mass is 16.4. The molecule has 2 heteroatoms. The lowest BCUT2D eigenvalue weighted by molar-refractivity contribution is -0.149. The van der Waals surface area contributed by atoms with E-state index in [4.69, 9.17) is 0 Å². The summed E-state index contributed by atoms with van der Waals surface area (Å²) < 4.78 is 0. The topological polar surface area (TPSA) is 37.3 Å². The number of carboxylic acid groups (broad SMARTS) is 1. The van der Waals surface area contributed by atoms with Gasteiger partial charge in [-0.25, -0.2) is 0 Å². The van der Waals surface area contributed by atoms with E-state index in [0.717, 1.165) is 12.0 Å². The Morgan fingerprint density at radius 2 is 1.94 bits per heavy atom. The number of benzene rings is 1. The van der Waals surface area contributed by atoms with Gasteiger partial charge in [-0.05, 0) is 43.6 Å². The first kappa shape index (κ1) is 12.2. The number of carboxylic acids is 1. The van der Waals surface area contributed by atoms with Crippen LogP contribution in [0.1, 0.15) is 38.7 Å². The van der Waals surface area contributed by atoms with Gasteiger partial charge in [0.25, 0.3) is 0 Å². The average molecular weight is 232 g/mol. The molecule has 0 saturated heterocycles. The van der Waals surface area contributed by atoms with Gasteiger partial charge in [-0.2, -0.15) is 0 Å². The van der Waals surface area contributed by atoms with Gasteiger partial charge in [0.1, 0.15) is 0 Å². The fourth-order valence-corrected chi connectivity index (χ4v) is 2.59. The van der Waals surface area contributed by atoms with Crippen molar-refractivity contribution in [1.82, 2.24) is 0 Å². The quantitative estimate of drug-likeness (QED) is 0.843. The maximum absolute atomic E-state index is 11.5. The molecular weight excluding hydrogens is 212 g/mol. The van der Waals surface area contributed by atoms with Crippen molar-refractivity contribution in [2.45, 2.75) is 39.5 Å². The second-order valence-electron chi connectivity index (χ2n) is 6.02. The van der Waals surface area contributed by atoms with Crippen molar-refractivity contribution in [1.29, 1.82) is 0 Å². The van der Waals surface area contributed by atoms with Crippen molar-refractivity contribution in [2.24, 2.45) is 10.8 Å². The summed E-state index contributed by atoms with van der Waals surface area (Å²) in [6, 6.07) is 9.92. The van der Waals surface area contributed by atoms with E-state index in [2.05, 4.69) is 6.92 Å². The van der Waals surface area contributed by atoms with E-state index in [1.165, 1.54) is 12.8 Å². The molecule has 1 aliphatic carbocycles. The molecule has 1 N–H and O–H groups in total. The summed E-state index contributed by atoms with van der Waals surface area (Å²) in [5.74, 6) is -0.672. The first-order valence-electron chi connectivity index (χ1n) is 6.21. The third-order valence-corrected chi connectivity index (χ3v) is 3.87. The largest absolute Gasteiger partial charge is 0.481 e. The molecule has 1 atom stereocenters. The van der Waals surface area contributed by atoms with Crippen LogP contribution in [0.4, 0.5) is 0 Å². The van der Waals surface area contributed by atoms with Crippen LogP contribution in [0, 0.1) is 10.8 Å². The lowest BCUT2D eigenvalue weighted by Crippen LogP contribution is -2.32. The molecule has 2 rings (SSSR count). The molecule has 0 unspecified atom stereocenters. The van der Waals surface area contributed by atoms with Gasteiger partial charge in [0, 0.05) is 0 Å². The molecule has 1 aromatic carbocycles. The van der Waals surface area contributed by atoms with Gasteiger partial charge in [-0.3, -0.25) is 4.79 Å². The lowest BCUT2D eigenvalue weighted by atomic mass is 9.75. The van der Waals surface area contributed by atoms with Crippen LogP contribution < -0.4 is 0 Å². The van der Waals surface area contributed by atoms with E-state index >= 15 is 0 Å². The van der Waals surface area contributed by atoms with Crippen LogP contribution in [0.5, 0.6) is 0 Å². The van der Waals surface area contributed by atoms with E-state index in [1.54, 1.807) is 0 Å². The highest BCUT2D eigenvalue weighted by Crippen LogP contribution is 2.53. The molecule has 1 fully saturated rings. The van der Waals surface area contributed by atoms with Crippen LogP contribution in [0.15, 0.2) is 30.3 Å². The van der Waals surface area contributed by atoms with Crippen LogP contribution in [0.3, 0.4) is 0 Å². The molecule has 0 aromatic heterocycles. The van der Waals surface area contributed by atoms with E-state index in [-0.39, 0.29) is 5.41 Å². The maximum Gasteiger partial charge on any atom is 0.309 e. The molecule has 1 saturated carbocycles. The fourth-order valence-electron chi connectivity index (χ4n) is 2.59. The van der Waals surface area contributed by atoms with Crippen LogP contribution in [0.2, 0.25) is 0 Å². The number of carbonyl (C=O) groups is 1. The Morgan fingerprint density at radius 3 is 2.41 bits per heavy atom. The third kappa shape index (κ3) is 2.87. The van der Waals surface area contributed by atoms with E-state index in [9.17, 15) is 9.90 Å². The summed E-state index contributed by atoms with van der Waals surface area (Å²) in [5, 5.41) is 9.48. The van der Waals surface area contributed by atoms with Crippen LogP contribution >= 0.6 is 0 Å². The highest BCUT2D eigenvalue weighted by molar-refractivity contribution is 5.74. The molecule has 0 heterocycles.